The first kappa shape index (κ1) is 19.4. The third kappa shape index (κ3) is 5.53. The van der Waals surface area contributed by atoms with Crippen LogP contribution in [0.25, 0.3) is 0 Å². The van der Waals surface area contributed by atoms with E-state index in [-0.39, 0.29) is 5.41 Å². The van der Waals surface area contributed by atoms with Gasteiger partial charge < -0.3 is 15.1 Å². The van der Waals surface area contributed by atoms with Crippen molar-refractivity contribution in [3.05, 3.63) is 47.2 Å². The van der Waals surface area contributed by atoms with Gasteiger partial charge in [0.15, 0.2) is 5.96 Å². The second-order valence-electron chi connectivity index (χ2n) is 6.96. The Hall–Kier alpha value is -1.95. The highest BCUT2D eigenvalue weighted by atomic mass is 32.2. The highest BCUT2D eigenvalue weighted by Gasteiger charge is 2.19. The maximum absolute atomic E-state index is 5.80. The van der Waals surface area contributed by atoms with E-state index in [9.17, 15) is 0 Å². The molecule has 1 aromatic carbocycles. The molecule has 0 radical (unpaired) electrons. The molecule has 136 valence electrons. The SMILES string of the molecule is CN=C(NCc1ncc(C(C)(C)C)o1)NCc1ccc(C)cc1SC. The molecule has 0 saturated carbocycles. The first-order valence-electron chi connectivity index (χ1n) is 8.36. The van der Waals surface area contributed by atoms with Crippen LogP contribution in [-0.2, 0) is 18.5 Å². The summed E-state index contributed by atoms with van der Waals surface area (Å²) in [4.78, 5) is 9.88. The minimum Gasteiger partial charge on any atom is -0.443 e. The molecule has 0 amide bonds. The van der Waals surface area contributed by atoms with Crippen LogP contribution in [0.4, 0.5) is 0 Å². The Kier molecular flexibility index (Phi) is 6.53. The van der Waals surface area contributed by atoms with Gasteiger partial charge in [0, 0.05) is 23.9 Å². The van der Waals surface area contributed by atoms with Crippen LogP contribution in [0, 0.1) is 6.92 Å². The fourth-order valence-electron chi connectivity index (χ4n) is 2.30. The van der Waals surface area contributed by atoms with Gasteiger partial charge in [-0.25, -0.2) is 4.98 Å². The number of hydrogen-bond acceptors (Lipinski definition) is 4. The molecule has 0 aliphatic heterocycles. The van der Waals surface area contributed by atoms with Gasteiger partial charge in [-0.3, -0.25) is 4.99 Å². The lowest BCUT2D eigenvalue weighted by atomic mass is 9.94. The number of oxazole rings is 1. The quantitative estimate of drug-likeness (QED) is 0.481. The summed E-state index contributed by atoms with van der Waals surface area (Å²) in [5, 5.41) is 6.59. The molecule has 6 heteroatoms. The third-order valence-corrected chi connectivity index (χ3v) is 4.63. The highest BCUT2D eigenvalue weighted by molar-refractivity contribution is 7.98. The molecule has 0 atom stereocenters. The fraction of sp³-hybridized carbons (Fsp3) is 0.474. The number of hydrogen-bond donors (Lipinski definition) is 2. The molecule has 0 aliphatic carbocycles. The lowest BCUT2D eigenvalue weighted by molar-refractivity contribution is 0.379. The van der Waals surface area contributed by atoms with E-state index in [1.807, 2.05) is 0 Å². The molecule has 0 spiro atoms. The zero-order valence-corrected chi connectivity index (χ0v) is 16.8. The number of thioether (sulfide) groups is 1. The van der Waals surface area contributed by atoms with Gasteiger partial charge in [0.2, 0.25) is 5.89 Å². The number of nitrogens with zero attached hydrogens (tertiary/aromatic N) is 2. The Morgan fingerprint density at radius 3 is 2.56 bits per heavy atom. The van der Waals surface area contributed by atoms with Crippen LogP contribution in [0.15, 0.2) is 38.7 Å². The maximum Gasteiger partial charge on any atom is 0.213 e. The second-order valence-corrected chi connectivity index (χ2v) is 7.81. The van der Waals surface area contributed by atoms with Crippen LogP contribution in [0.1, 0.15) is 43.5 Å². The van der Waals surface area contributed by atoms with E-state index in [4.69, 9.17) is 4.42 Å². The molecule has 5 nitrogen and oxygen atoms in total. The number of aromatic nitrogens is 1. The molecule has 0 fully saturated rings. The lowest BCUT2D eigenvalue weighted by Gasteiger charge is -2.14. The van der Waals surface area contributed by atoms with Gasteiger partial charge in [-0.15, -0.1) is 11.8 Å². The largest absolute Gasteiger partial charge is 0.443 e. The van der Waals surface area contributed by atoms with Gasteiger partial charge in [-0.05, 0) is 30.4 Å². The van der Waals surface area contributed by atoms with Crippen molar-refractivity contribution in [2.45, 2.75) is 51.1 Å². The first-order chi connectivity index (χ1) is 11.8. The summed E-state index contributed by atoms with van der Waals surface area (Å²) in [6, 6.07) is 6.50. The van der Waals surface area contributed by atoms with E-state index in [2.05, 4.69) is 72.8 Å². The molecule has 2 N–H and O–H groups in total. The molecule has 0 bridgehead atoms. The smallest absolute Gasteiger partial charge is 0.213 e. The van der Waals surface area contributed by atoms with Crippen molar-refractivity contribution in [3.8, 4) is 0 Å². The Balaban J connectivity index is 1.92. The molecular formula is C19H28N4OS. The summed E-state index contributed by atoms with van der Waals surface area (Å²) in [6.07, 6.45) is 3.89. The van der Waals surface area contributed by atoms with Crippen molar-refractivity contribution in [1.29, 1.82) is 0 Å². The van der Waals surface area contributed by atoms with E-state index in [0.29, 0.717) is 12.4 Å². The average Bonchev–Trinajstić information content (AvgIpc) is 3.05. The molecule has 2 aromatic rings. The Bertz CT molecular complexity index is 731. The summed E-state index contributed by atoms with van der Waals surface area (Å²) in [6.45, 7) is 9.65. The van der Waals surface area contributed by atoms with Crippen molar-refractivity contribution < 1.29 is 4.42 Å². The van der Waals surface area contributed by atoms with Crippen LogP contribution >= 0.6 is 11.8 Å². The van der Waals surface area contributed by atoms with Crippen LogP contribution in [0.5, 0.6) is 0 Å². The number of guanidine groups is 1. The molecule has 1 heterocycles. The monoisotopic (exact) mass is 360 g/mol. The van der Waals surface area contributed by atoms with Crippen molar-refractivity contribution >= 4 is 17.7 Å². The van der Waals surface area contributed by atoms with E-state index in [0.717, 1.165) is 18.3 Å². The zero-order valence-electron chi connectivity index (χ0n) is 15.9. The van der Waals surface area contributed by atoms with Crippen molar-refractivity contribution in [2.24, 2.45) is 4.99 Å². The second kappa shape index (κ2) is 8.43. The maximum atomic E-state index is 5.80. The average molecular weight is 361 g/mol. The number of benzene rings is 1. The minimum atomic E-state index is -0.0369. The van der Waals surface area contributed by atoms with Gasteiger partial charge in [0.1, 0.15) is 5.76 Å². The highest BCUT2D eigenvalue weighted by Crippen LogP contribution is 2.23. The Labute approximate surface area is 154 Å². The van der Waals surface area contributed by atoms with Crippen molar-refractivity contribution in [1.82, 2.24) is 15.6 Å². The Morgan fingerprint density at radius 2 is 1.96 bits per heavy atom. The summed E-state index contributed by atoms with van der Waals surface area (Å²) in [7, 11) is 1.76. The van der Waals surface area contributed by atoms with E-state index >= 15 is 0 Å². The molecule has 0 unspecified atom stereocenters. The number of aliphatic imine (C=N–C) groups is 1. The molecule has 2 rings (SSSR count). The summed E-state index contributed by atoms with van der Waals surface area (Å²) < 4.78 is 5.80. The van der Waals surface area contributed by atoms with Gasteiger partial charge >= 0.3 is 0 Å². The van der Waals surface area contributed by atoms with Gasteiger partial charge in [-0.2, -0.15) is 0 Å². The molecule has 1 aromatic heterocycles. The normalized spacial score (nSPS) is 12.3. The predicted molar refractivity (Wildman–Crippen MR) is 105 cm³/mol. The van der Waals surface area contributed by atoms with Crippen molar-refractivity contribution in [3.63, 3.8) is 0 Å². The molecule has 0 aliphatic rings. The van der Waals surface area contributed by atoms with Crippen LogP contribution in [0.2, 0.25) is 0 Å². The van der Waals surface area contributed by atoms with Gasteiger partial charge in [-0.1, -0.05) is 32.9 Å². The van der Waals surface area contributed by atoms with E-state index in [1.165, 1.54) is 16.0 Å². The molecule has 25 heavy (non-hydrogen) atoms. The summed E-state index contributed by atoms with van der Waals surface area (Å²) in [5.41, 5.74) is 2.49. The minimum absolute atomic E-state index is 0.0369. The Morgan fingerprint density at radius 1 is 1.24 bits per heavy atom. The first-order valence-corrected chi connectivity index (χ1v) is 9.59. The predicted octanol–water partition coefficient (Wildman–Crippen LogP) is 3.87. The number of rotatable bonds is 5. The summed E-state index contributed by atoms with van der Waals surface area (Å²) in [5.74, 6) is 2.27. The standard InChI is InChI=1S/C19H28N4OS/c1-13-7-8-14(15(9-13)25-6)10-22-18(20-5)23-12-17-21-11-16(24-17)19(2,3)4/h7-9,11H,10,12H2,1-6H3,(H2,20,22,23). The molecular weight excluding hydrogens is 332 g/mol. The van der Waals surface area contributed by atoms with E-state index in [1.54, 1.807) is 25.0 Å². The van der Waals surface area contributed by atoms with Crippen LogP contribution < -0.4 is 10.6 Å². The van der Waals surface area contributed by atoms with E-state index < -0.39 is 0 Å². The van der Waals surface area contributed by atoms with Crippen LogP contribution in [-0.4, -0.2) is 24.2 Å². The lowest BCUT2D eigenvalue weighted by Crippen LogP contribution is -2.36. The molecule has 0 saturated heterocycles. The summed E-state index contributed by atoms with van der Waals surface area (Å²) >= 11 is 1.76. The number of aryl methyl sites for hydroxylation is 1. The zero-order chi connectivity index (χ0) is 18.4. The van der Waals surface area contributed by atoms with Crippen LogP contribution in [0.3, 0.4) is 0 Å². The fourth-order valence-corrected chi connectivity index (χ4v) is 3.00. The van der Waals surface area contributed by atoms with Gasteiger partial charge in [0.25, 0.3) is 0 Å². The number of nitrogens with one attached hydrogen (secondary N) is 2. The van der Waals surface area contributed by atoms with Gasteiger partial charge in [0.05, 0.1) is 12.7 Å². The topological polar surface area (TPSA) is 62.5 Å². The third-order valence-electron chi connectivity index (χ3n) is 3.81. The van der Waals surface area contributed by atoms with Crippen molar-refractivity contribution in [2.75, 3.05) is 13.3 Å².